The lowest BCUT2D eigenvalue weighted by Gasteiger charge is -2.14. The van der Waals surface area contributed by atoms with Crippen LogP contribution in [0.25, 0.3) is 6.08 Å². The van der Waals surface area contributed by atoms with Crippen molar-refractivity contribution in [2.24, 2.45) is 0 Å². The van der Waals surface area contributed by atoms with Gasteiger partial charge in [0.15, 0.2) is 0 Å². The number of imide groups is 1. The lowest BCUT2D eigenvalue weighted by Crippen LogP contribution is -2.36. The largest absolute Gasteiger partial charge is 0.495 e. The zero-order chi connectivity index (χ0) is 26.5. The molecule has 0 spiro atoms. The van der Waals surface area contributed by atoms with E-state index in [0.717, 1.165) is 15.4 Å². The summed E-state index contributed by atoms with van der Waals surface area (Å²) in [5.41, 5.74) is 1.77. The number of thioether (sulfide) groups is 1. The average molecular weight is 536 g/mol. The van der Waals surface area contributed by atoms with Crippen LogP contribution < -0.4 is 10.1 Å². The van der Waals surface area contributed by atoms with Crippen molar-refractivity contribution in [1.82, 2.24) is 4.90 Å². The summed E-state index contributed by atoms with van der Waals surface area (Å²) in [4.78, 5) is 51.3. The van der Waals surface area contributed by atoms with E-state index >= 15 is 0 Å². The number of para-hydroxylation sites is 2. The highest BCUT2D eigenvalue weighted by Gasteiger charge is 2.36. The van der Waals surface area contributed by atoms with Crippen LogP contribution in [-0.2, 0) is 9.59 Å². The zero-order valence-corrected chi connectivity index (χ0v) is 21.4. The van der Waals surface area contributed by atoms with Crippen LogP contribution in [0.2, 0.25) is 0 Å². The Hall–Kier alpha value is -4.09. The van der Waals surface area contributed by atoms with Crippen LogP contribution in [0.1, 0.15) is 11.1 Å². The maximum Gasteiger partial charge on any atom is 0.294 e. The van der Waals surface area contributed by atoms with E-state index in [9.17, 15) is 24.5 Å². The van der Waals surface area contributed by atoms with Gasteiger partial charge in [0, 0.05) is 11.0 Å². The molecule has 0 saturated carbocycles. The number of methoxy groups -OCH3 is 1. The van der Waals surface area contributed by atoms with E-state index in [1.807, 2.05) is 31.2 Å². The fourth-order valence-corrected chi connectivity index (χ4v) is 5.19. The lowest BCUT2D eigenvalue weighted by atomic mass is 10.2. The number of anilines is 1. The van der Waals surface area contributed by atoms with Crippen molar-refractivity contribution in [3.63, 3.8) is 0 Å². The Kier molecular flexibility index (Phi) is 7.95. The van der Waals surface area contributed by atoms with Crippen LogP contribution >= 0.6 is 23.5 Å². The molecule has 1 fully saturated rings. The van der Waals surface area contributed by atoms with Gasteiger partial charge < -0.3 is 10.1 Å². The molecule has 0 aromatic heterocycles. The van der Waals surface area contributed by atoms with Crippen molar-refractivity contribution in [3.05, 3.63) is 92.9 Å². The SMILES string of the molecule is COc1ccccc1NC(=O)CN1C(=O)SC(=Cc2ccc(Sc3ccc(C)cc3)c([N+](=O)[O-])c2)C1=O. The molecule has 1 heterocycles. The number of nitrogens with zero attached hydrogens (tertiary/aromatic N) is 2. The number of amides is 3. The third-order valence-corrected chi connectivity index (χ3v) is 7.26. The second-order valence-corrected chi connectivity index (χ2v) is 10.0. The van der Waals surface area contributed by atoms with Gasteiger partial charge in [-0.15, -0.1) is 0 Å². The molecule has 0 aliphatic carbocycles. The molecule has 3 aromatic carbocycles. The number of nitrogens with one attached hydrogen (secondary N) is 1. The van der Waals surface area contributed by atoms with E-state index in [1.54, 1.807) is 36.4 Å². The molecule has 1 saturated heterocycles. The first-order chi connectivity index (χ1) is 17.7. The molecule has 9 nitrogen and oxygen atoms in total. The summed E-state index contributed by atoms with van der Waals surface area (Å²) in [7, 11) is 1.46. The maximum absolute atomic E-state index is 12.9. The molecule has 0 bridgehead atoms. The van der Waals surface area contributed by atoms with Crippen LogP contribution in [-0.4, -0.2) is 40.5 Å². The topological polar surface area (TPSA) is 119 Å². The highest BCUT2D eigenvalue weighted by Crippen LogP contribution is 2.37. The molecule has 37 heavy (non-hydrogen) atoms. The molecule has 0 atom stereocenters. The number of hydrogen-bond donors (Lipinski definition) is 1. The minimum Gasteiger partial charge on any atom is -0.495 e. The summed E-state index contributed by atoms with van der Waals surface area (Å²) in [6.45, 7) is 1.48. The Morgan fingerprint density at radius 1 is 1.14 bits per heavy atom. The summed E-state index contributed by atoms with van der Waals surface area (Å²) in [5.74, 6) is -0.775. The maximum atomic E-state index is 12.9. The fraction of sp³-hybridized carbons (Fsp3) is 0.115. The van der Waals surface area contributed by atoms with E-state index in [1.165, 1.54) is 31.0 Å². The van der Waals surface area contributed by atoms with Crippen LogP contribution in [0.15, 0.2) is 81.4 Å². The molecular weight excluding hydrogens is 514 g/mol. The van der Waals surface area contributed by atoms with Gasteiger partial charge in [-0.05, 0) is 60.7 Å². The van der Waals surface area contributed by atoms with Crippen molar-refractivity contribution in [2.45, 2.75) is 16.7 Å². The van der Waals surface area contributed by atoms with Crippen LogP contribution in [0.5, 0.6) is 5.75 Å². The Morgan fingerprint density at radius 2 is 1.86 bits per heavy atom. The first-order valence-corrected chi connectivity index (χ1v) is 12.6. The second-order valence-electron chi connectivity index (χ2n) is 7.92. The third kappa shape index (κ3) is 6.19. The standard InChI is InChI=1S/C26H21N3O6S2/c1-16-7-10-18(11-8-16)36-22-12-9-17(13-20(22)29(33)34)14-23-25(31)28(26(32)37-23)15-24(30)27-19-5-3-4-6-21(19)35-2/h3-14H,15H2,1-2H3,(H,27,30). The first kappa shape index (κ1) is 26.0. The smallest absolute Gasteiger partial charge is 0.294 e. The van der Waals surface area contributed by atoms with Crippen molar-refractivity contribution < 1.29 is 24.0 Å². The minimum atomic E-state index is -0.647. The van der Waals surface area contributed by atoms with Gasteiger partial charge >= 0.3 is 0 Å². The lowest BCUT2D eigenvalue weighted by molar-refractivity contribution is -0.387. The van der Waals surface area contributed by atoms with Crippen molar-refractivity contribution in [1.29, 1.82) is 0 Å². The van der Waals surface area contributed by atoms with E-state index in [4.69, 9.17) is 4.74 Å². The monoisotopic (exact) mass is 535 g/mol. The first-order valence-electron chi connectivity index (χ1n) is 11.0. The molecule has 1 aliphatic rings. The van der Waals surface area contributed by atoms with Gasteiger partial charge in [0.25, 0.3) is 16.8 Å². The molecule has 3 amide bonds. The number of hydrogen-bond acceptors (Lipinski definition) is 8. The molecule has 3 aromatic rings. The summed E-state index contributed by atoms with van der Waals surface area (Å²) < 4.78 is 5.19. The van der Waals surface area contributed by atoms with Crippen LogP contribution in [0, 0.1) is 17.0 Å². The molecule has 4 rings (SSSR count). The number of nitro benzene ring substituents is 1. The highest BCUT2D eigenvalue weighted by molar-refractivity contribution is 8.18. The normalized spacial score (nSPS) is 14.2. The number of nitro groups is 1. The summed E-state index contributed by atoms with van der Waals surface area (Å²) >= 11 is 1.94. The van der Waals surface area contributed by atoms with Gasteiger partial charge in [-0.2, -0.15) is 0 Å². The van der Waals surface area contributed by atoms with E-state index in [2.05, 4.69) is 5.32 Å². The van der Waals surface area contributed by atoms with Crippen molar-refractivity contribution in [3.8, 4) is 5.75 Å². The quantitative estimate of drug-likeness (QED) is 0.220. The number of carbonyl (C=O) groups is 3. The number of benzene rings is 3. The Labute approximate surface area is 221 Å². The van der Waals surface area contributed by atoms with Gasteiger partial charge in [-0.25, -0.2) is 0 Å². The summed E-state index contributed by atoms with van der Waals surface area (Å²) in [5, 5.41) is 13.7. The van der Waals surface area contributed by atoms with Gasteiger partial charge in [-0.1, -0.05) is 47.7 Å². The van der Waals surface area contributed by atoms with Gasteiger partial charge in [0.1, 0.15) is 12.3 Å². The molecule has 0 radical (unpaired) electrons. The number of rotatable bonds is 8. The molecular formula is C26H21N3O6S2. The summed E-state index contributed by atoms with van der Waals surface area (Å²) in [6, 6.07) is 19.0. The van der Waals surface area contributed by atoms with Gasteiger partial charge in [0.05, 0.1) is 27.5 Å². The fourth-order valence-electron chi connectivity index (χ4n) is 3.46. The number of aryl methyl sites for hydroxylation is 1. The molecule has 11 heteroatoms. The number of ether oxygens (including phenoxy) is 1. The predicted molar refractivity (Wildman–Crippen MR) is 143 cm³/mol. The minimum absolute atomic E-state index is 0.0725. The Bertz CT molecular complexity index is 1420. The predicted octanol–water partition coefficient (Wildman–Crippen LogP) is 5.74. The van der Waals surface area contributed by atoms with Gasteiger partial charge in [0.2, 0.25) is 5.91 Å². The zero-order valence-electron chi connectivity index (χ0n) is 19.8. The summed E-state index contributed by atoms with van der Waals surface area (Å²) in [6.07, 6.45) is 1.41. The average Bonchev–Trinajstić information content (AvgIpc) is 3.13. The van der Waals surface area contributed by atoms with E-state index in [0.29, 0.717) is 33.7 Å². The molecule has 0 unspecified atom stereocenters. The molecule has 1 aliphatic heterocycles. The van der Waals surface area contributed by atoms with E-state index < -0.39 is 28.5 Å². The van der Waals surface area contributed by atoms with Gasteiger partial charge in [-0.3, -0.25) is 29.4 Å². The van der Waals surface area contributed by atoms with Crippen LogP contribution in [0.3, 0.4) is 0 Å². The second kappa shape index (κ2) is 11.3. The van der Waals surface area contributed by atoms with E-state index in [-0.39, 0.29) is 10.6 Å². The van der Waals surface area contributed by atoms with Crippen molar-refractivity contribution in [2.75, 3.05) is 19.0 Å². The Morgan fingerprint density at radius 3 is 2.57 bits per heavy atom. The number of carbonyl (C=O) groups excluding carboxylic acids is 3. The third-order valence-electron chi connectivity index (χ3n) is 5.28. The van der Waals surface area contributed by atoms with Crippen LogP contribution in [0.4, 0.5) is 16.2 Å². The Balaban J connectivity index is 1.50. The molecule has 188 valence electrons. The van der Waals surface area contributed by atoms with Crippen molar-refractivity contribution >= 4 is 58.0 Å². The highest BCUT2D eigenvalue weighted by atomic mass is 32.2. The molecule has 1 N–H and O–H groups in total.